The molecule has 0 aliphatic carbocycles. The van der Waals surface area contributed by atoms with Gasteiger partial charge in [0.2, 0.25) is 6.43 Å². The number of hydrogen-bond donors (Lipinski definition) is 1. The highest BCUT2D eigenvalue weighted by molar-refractivity contribution is 7.10. The van der Waals surface area contributed by atoms with E-state index in [1.807, 2.05) is 17.5 Å². The Hall–Kier alpha value is -0.480. The van der Waals surface area contributed by atoms with Crippen LogP contribution in [-0.2, 0) is 0 Å². The minimum absolute atomic E-state index is 0.0139. The summed E-state index contributed by atoms with van der Waals surface area (Å²) in [5.74, 6) is -0.487. The van der Waals surface area contributed by atoms with Crippen molar-refractivity contribution < 1.29 is 8.78 Å². The molecule has 0 saturated carbocycles. The van der Waals surface area contributed by atoms with Crippen molar-refractivity contribution in [3.8, 4) is 0 Å². The van der Waals surface area contributed by atoms with E-state index in [2.05, 4.69) is 5.32 Å². The quantitative estimate of drug-likeness (QED) is 0.777. The molecule has 0 radical (unpaired) electrons. The number of rotatable bonds is 2. The highest BCUT2D eigenvalue weighted by Crippen LogP contribution is 2.34. The molecule has 1 aromatic heterocycles. The molecule has 1 N–H and O–H groups in total. The summed E-state index contributed by atoms with van der Waals surface area (Å²) in [7, 11) is 0. The minimum atomic E-state index is -2.21. The van der Waals surface area contributed by atoms with Crippen LogP contribution in [0, 0.1) is 5.92 Å². The van der Waals surface area contributed by atoms with E-state index >= 15 is 0 Å². The lowest BCUT2D eigenvalue weighted by atomic mass is 9.95. The van der Waals surface area contributed by atoms with Gasteiger partial charge in [0, 0.05) is 29.8 Å². The molecule has 2 atom stereocenters. The van der Waals surface area contributed by atoms with E-state index in [0.29, 0.717) is 13.1 Å². The molecule has 0 bridgehead atoms. The smallest absolute Gasteiger partial charge is 0.243 e. The van der Waals surface area contributed by atoms with E-state index in [0.717, 1.165) is 4.88 Å². The topological polar surface area (TPSA) is 12.0 Å². The van der Waals surface area contributed by atoms with Gasteiger partial charge in [-0.15, -0.1) is 11.3 Å². The average Bonchev–Trinajstić information content (AvgIpc) is 2.74. The molecule has 1 nitrogen and oxygen atoms in total. The van der Waals surface area contributed by atoms with Crippen LogP contribution in [0.4, 0.5) is 8.78 Å². The van der Waals surface area contributed by atoms with E-state index in [1.165, 1.54) is 0 Å². The first-order chi connectivity index (χ1) is 6.29. The van der Waals surface area contributed by atoms with Gasteiger partial charge >= 0.3 is 0 Å². The van der Waals surface area contributed by atoms with Crippen LogP contribution in [0.1, 0.15) is 10.8 Å². The molecule has 2 unspecified atom stereocenters. The van der Waals surface area contributed by atoms with Crippen molar-refractivity contribution in [2.45, 2.75) is 12.3 Å². The van der Waals surface area contributed by atoms with Crippen molar-refractivity contribution in [2.75, 3.05) is 13.1 Å². The third-order valence-corrected chi connectivity index (χ3v) is 3.50. The lowest BCUT2D eigenvalue weighted by molar-refractivity contribution is 0.0793. The maximum Gasteiger partial charge on any atom is 0.243 e. The third kappa shape index (κ3) is 1.74. The molecular formula is C9H11F2NS. The summed E-state index contributed by atoms with van der Waals surface area (Å²) in [6.07, 6.45) is -2.21. The molecular weight excluding hydrogens is 192 g/mol. The van der Waals surface area contributed by atoms with Crippen molar-refractivity contribution in [3.63, 3.8) is 0 Å². The molecule has 72 valence electrons. The average molecular weight is 203 g/mol. The summed E-state index contributed by atoms with van der Waals surface area (Å²) in [6, 6.07) is 3.86. The van der Waals surface area contributed by atoms with Gasteiger partial charge in [-0.3, -0.25) is 0 Å². The van der Waals surface area contributed by atoms with E-state index in [9.17, 15) is 8.78 Å². The zero-order valence-electron chi connectivity index (χ0n) is 7.04. The van der Waals surface area contributed by atoms with Gasteiger partial charge in [0.05, 0.1) is 0 Å². The van der Waals surface area contributed by atoms with Gasteiger partial charge in [-0.05, 0) is 11.4 Å². The van der Waals surface area contributed by atoms with Crippen LogP contribution in [0.2, 0.25) is 0 Å². The number of nitrogens with one attached hydrogen (secondary N) is 1. The summed E-state index contributed by atoms with van der Waals surface area (Å²) in [5.41, 5.74) is 0. The van der Waals surface area contributed by atoms with E-state index in [4.69, 9.17) is 0 Å². The molecule has 0 amide bonds. The van der Waals surface area contributed by atoms with E-state index < -0.39 is 12.3 Å². The molecule has 2 heterocycles. The van der Waals surface area contributed by atoms with E-state index in [1.54, 1.807) is 11.3 Å². The standard InChI is InChI=1S/C9H11F2NS/c10-9(11)7-5-12-4-6(7)8-2-1-3-13-8/h1-3,6-7,9,12H,4-5H2. The number of halogens is 2. The van der Waals surface area contributed by atoms with Crippen LogP contribution in [0.3, 0.4) is 0 Å². The van der Waals surface area contributed by atoms with Gasteiger partial charge < -0.3 is 5.32 Å². The lowest BCUT2D eigenvalue weighted by Gasteiger charge is -2.15. The fourth-order valence-electron chi connectivity index (χ4n) is 1.78. The minimum Gasteiger partial charge on any atom is -0.316 e. The summed E-state index contributed by atoms with van der Waals surface area (Å²) in [5, 5.41) is 4.96. The maximum absolute atomic E-state index is 12.5. The van der Waals surface area contributed by atoms with Gasteiger partial charge in [0.1, 0.15) is 0 Å². The van der Waals surface area contributed by atoms with Gasteiger partial charge in [0.15, 0.2) is 0 Å². The zero-order valence-corrected chi connectivity index (χ0v) is 7.86. The second-order valence-electron chi connectivity index (χ2n) is 3.28. The maximum atomic E-state index is 12.5. The Bertz CT molecular complexity index is 261. The SMILES string of the molecule is FC(F)C1CNCC1c1cccs1. The van der Waals surface area contributed by atoms with Crippen LogP contribution in [0.25, 0.3) is 0 Å². The summed E-state index contributed by atoms with van der Waals surface area (Å²) in [4.78, 5) is 1.08. The first kappa shape index (κ1) is 9.09. The molecule has 2 rings (SSSR count). The molecule has 1 aromatic rings. The third-order valence-electron chi connectivity index (χ3n) is 2.49. The zero-order chi connectivity index (χ0) is 9.26. The molecule has 13 heavy (non-hydrogen) atoms. The Morgan fingerprint density at radius 3 is 2.92 bits per heavy atom. The normalized spacial score (nSPS) is 28.5. The van der Waals surface area contributed by atoms with Crippen molar-refractivity contribution in [1.29, 1.82) is 0 Å². The van der Waals surface area contributed by atoms with Crippen LogP contribution >= 0.6 is 11.3 Å². The Labute approximate surface area is 79.8 Å². The van der Waals surface area contributed by atoms with Gasteiger partial charge in [-0.2, -0.15) is 0 Å². The predicted molar refractivity (Wildman–Crippen MR) is 49.4 cm³/mol. The van der Waals surface area contributed by atoms with Crippen molar-refractivity contribution >= 4 is 11.3 Å². The second-order valence-corrected chi connectivity index (χ2v) is 4.26. The first-order valence-electron chi connectivity index (χ1n) is 4.31. The number of thiophene rings is 1. The van der Waals surface area contributed by atoms with Crippen molar-refractivity contribution in [1.82, 2.24) is 5.32 Å². The Kier molecular flexibility index (Phi) is 2.60. The predicted octanol–water partition coefficient (Wildman–Crippen LogP) is 2.32. The van der Waals surface area contributed by atoms with Crippen LogP contribution in [-0.4, -0.2) is 19.5 Å². The molecule has 0 aromatic carbocycles. The summed E-state index contributed by atoms with van der Waals surface area (Å²) in [6.45, 7) is 1.13. The molecule has 1 aliphatic heterocycles. The van der Waals surface area contributed by atoms with Gasteiger partial charge in [-0.1, -0.05) is 6.07 Å². The van der Waals surface area contributed by atoms with Crippen LogP contribution in [0.15, 0.2) is 17.5 Å². The Morgan fingerprint density at radius 2 is 2.31 bits per heavy atom. The van der Waals surface area contributed by atoms with E-state index in [-0.39, 0.29) is 5.92 Å². The highest BCUT2D eigenvalue weighted by Gasteiger charge is 2.35. The van der Waals surface area contributed by atoms with Crippen molar-refractivity contribution in [3.05, 3.63) is 22.4 Å². The summed E-state index contributed by atoms with van der Waals surface area (Å²) >= 11 is 1.57. The highest BCUT2D eigenvalue weighted by atomic mass is 32.1. The van der Waals surface area contributed by atoms with Crippen LogP contribution < -0.4 is 5.32 Å². The number of alkyl halides is 2. The lowest BCUT2D eigenvalue weighted by Crippen LogP contribution is -2.18. The fourth-order valence-corrected chi connectivity index (χ4v) is 2.68. The molecule has 0 spiro atoms. The first-order valence-corrected chi connectivity index (χ1v) is 5.19. The molecule has 1 saturated heterocycles. The molecule has 4 heteroatoms. The molecule has 1 aliphatic rings. The second kappa shape index (κ2) is 3.72. The number of hydrogen-bond acceptors (Lipinski definition) is 2. The fraction of sp³-hybridized carbons (Fsp3) is 0.556. The largest absolute Gasteiger partial charge is 0.316 e. The van der Waals surface area contributed by atoms with Crippen LogP contribution in [0.5, 0.6) is 0 Å². The van der Waals surface area contributed by atoms with Gasteiger partial charge in [-0.25, -0.2) is 8.78 Å². The van der Waals surface area contributed by atoms with Gasteiger partial charge in [0.25, 0.3) is 0 Å². The van der Waals surface area contributed by atoms with Crippen molar-refractivity contribution in [2.24, 2.45) is 5.92 Å². The molecule has 1 fully saturated rings. The Morgan fingerprint density at radius 1 is 1.46 bits per heavy atom. The summed E-state index contributed by atoms with van der Waals surface area (Å²) < 4.78 is 25.1. The Balaban J connectivity index is 2.14. The monoisotopic (exact) mass is 203 g/mol.